The zero-order valence-corrected chi connectivity index (χ0v) is 17.6. The van der Waals surface area contributed by atoms with Crippen molar-refractivity contribution in [1.82, 2.24) is 9.78 Å². The van der Waals surface area contributed by atoms with E-state index in [1.54, 1.807) is 35.1 Å². The Bertz CT molecular complexity index is 1020. The summed E-state index contributed by atoms with van der Waals surface area (Å²) in [7, 11) is -3.76. The molecule has 0 saturated carbocycles. The van der Waals surface area contributed by atoms with Gasteiger partial charge >= 0.3 is 0 Å². The molecular weight excluding hydrogens is 454 g/mol. The summed E-state index contributed by atoms with van der Waals surface area (Å²) >= 11 is 9.24. The molecule has 6 nitrogen and oxygen atoms in total. The quantitative estimate of drug-likeness (QED) is 0.550. The second-order valence-electron chi connectivity index (χ2n) is 5.66. The largest absolute Gasteiger partial charge is 0.494 e. The van der Waals surface area contributed by atoms with Gasteiger partial charge in [-0.05, 0) is 64.8 Å². The van der Waals surface area contributed by atoms with Crippen LogP contribution < -0.4 is 9.46 Å². The predicted molar refractivity (Wildman–Crippen MR) is 109 cm³/mol. The minimum atomic E-state index is -3.76. The van der Waals surface area contributed by atoms with Crippen LogP contribution in [-0.4, -0.2) is 24.8 Å². The van der Waals surface area contributed by atoms with Crippen molar-refractivity contribution in [3.05, 3.63) is 69.8 Å². The zero-order valence-electron chi connectivity index (χ0n) is 14.4. The number of anilines is 1. The van der Waals surface area contributed by atoms with Gasteiger partial charge in [0.25, 0.3) is 10.0 Å². The smallest absolute Gasteiger partial charge is 0.263 e. The number of benzene rings is 2. The molecule has 0 aliphatic heterocycles. The number of hydrogen-bond acceptors (Lipinski definition) is 4. The Hall–Kier alpha value is -2.03. The highest BCUT2D eigenvalue weighted by Gasteiger charge is 2.18. The standard InChI is InChI=1S/C18H17BrClN3O3S/c1-2-26-15-7-9-16(10-8-15)27(24,25)22-18-17(19)12-23(21-18)11-13-3-5-14(20)6-4-13/h3-10,12H,2,11H2,1H3,(H,21,22). The Morgan fingerprint density at radius 2 is 1.81 bits per heavy atom. The number of ether oxygens (including phenoxy) is 1. The van der Waals surface area contributed by atoms with E-state index in [2.05, 4.69) is 25.8 Å². The fourth-order valence-corrected chi connectivity index (χ4v) is 4.08. The minimum absolute atomic E-state index is 0.130. The van der Waals surface area contributed by atoms with Gasteiger partial charge in [0, 0.05) is 11.2 Å². The van der Waals surface area contributed by atoms with E-state index in [9.17, 15) is 8.42 Å². The van der Waals surface area contributed by atoms with E-state index in [0.717, 1.165) is 5.56 Å². The fraction of sp³-hybridized carbons (Fsp3) is 0.167. The topological polar surface area (TPSA) is 73.2 Å². The molecule has 1 N–H and O–H groups in total. The van der Waals surface area contributed by atoms with Gasteiger partial charge in [0.05, 0.1) is 22.5 Å². The molecule has 0 amide bonds. The molecule has 1 aromatic heterocycles. The van der Waals surface area contributed by atoms with Crippen LogP contribution >= 0.6 is 27.5 Å². The second-order valence-corrected chi connectivity index (χ2v) is 8.63. The summed E-state index contributed by atoms with van der Waals surface area (Å²) in [5, 5.41) is 4.96. The summed E-state index contributed by atoms with van der Waals surface area (Å²) in [5.41, 5.74) is 0.996. The zero-order chi connectivity index (χ0) is 19.4. The lowest BCUT2D eigenvalue weighted by molar-refractivity contribution is 0.340. The summed E-state index contributed by atoms with van der Waals surface area (Å²) in [6.45, 7) is 2.87. The monoisotopic (exact) mass is 469 g/mol. The molecule has 0 bridgehead atoms. The van der Waals surface area contributed by atoms with Gasteiger partial charge in [0.1, 0.15) is 5.75 Å². The molecule has 3 aromatic rings. The van der Waals surface area contributed by atoms with Crippen molar-refractivity contribution in [1.29, 1.82) is 0 Å². The SMILES string of the molecule is CCOc1ccc(S(=O)(=O)Nc2nn(Cc3ccc(Cl)cc3)cc2Br)cc1. The van der Waals surface area contributed by atoms with Crippen LogP contribution in [0.25, 0.3) is 0 Å². The molecule has 0 unspecified atom stereocenters. The van der Waals surface area contributed by atoms with E-state index in [0.29, 0.717) is 28.4 Å². The third-order valence-corrected chi connectivity index (χ3v) is 5.84. The van der Waals surface area contributed by atoms with Crippen LogP contribution in [0, 0.1) is 0 Å². The molecule has 0 aliphatic carbocycles. The summed E-state index contributed by atoms with van der Waals surface area (Å²) in [4.78, 5) is 0.130. The highest BCUT2D eigenvalue weighted by Crippen LogP contribution is 2.25. The lowest BCUT2D eigenvalue weighted by Crippen LogP contribution is -2.14. The van der Waals surface area contributed by atoms with E-state index in [4.69, 9.17) is 16.3 Å². The van der Waals surface area contributed by atoms with Gasteiger partial charge in [0.15, 0.2) is 5.82 Å². The molecule has 27 heavy (non-hydrogen) atoms. The lowest BCUT2D eigenvalue weighted by Gasteiger charge is -2.08. The van der Waals surface area contributed by atoms with Crippen molar-refractivity contribution in [2.75, 3.05) is 11.3 Å². The number of halogens is 2. The van der Waals surface area contributed by atoms with Gasteiger partial charge in [-0.3, -0.25) is 9.40 Å². The van der Waals surface area contributed by atoms with E-state index < -0.39 is 10.0 Å². The van der Waals surface area contributed by atoms with Crippen molar-refractivity contribution in [3.8, 4) is 5.75 Å². The molecule has 0 atom stereocenters. The lowest BCUT2D eigenvalue weighted by atomic mass is 10.2. The van der Waals surface area contributed by atoms with E-state index >= 15 is 0 Å². The normalized spacial score (nSPS) is 11.4. The van der Waals surface area contributed by atoms with Crippen LogP contribution in [-0.2, 0) is 16.6 Å². The average Bonchev–Trinajstić information content (AvgIpc) is 2.96. The fourth-order valence-electron chi connectivity index (χ4n) is 2.39. The highest BCUT2D eigenvalue weighted by molar-refractivity contribution is 9.10. The van der Waals surface area contributed by atoms with Crippen LogP contribution in [0.5, 0.6) is 5.75 Å². The summed E-state index contributed by atoms with van der Waals surface area (Å²) in [5.74, 6) is 0.836. The summed E-state index contributed by atoms with van der Waals surface area (Å²) in [6, 6.07) is 13.6. The maximum absolute atomic E-state index is 12.6. The number of rotatable bonds is 7. The van der Waals surface area contributed by atoms with Crippen LogP contribution in [0.2, 0.25) is 5.02 Å². The minimum Gasteiger partial charge on any atom is -0.494 e. The molecular formula is C18H17BrClN3O3S. The van der Waals surface area contributed by atoms with Crippen molar-refractivity contribution < 1.29 is 13.2 Å². The second kappa shape index (κ2) is 8.33. The van der Waals surface area contributed by atoms with Crippen LogP contribution in [0.1, 0.15) is 12.5 Å². The first-order valence-electron chi connectivity index (χ1n) is 8.10. The third kappa shape index (κ3) is 5.03. The molecule has 9 heteroatoms. The average molecular weight is 471 g/mol. The van der Waals surface area contributed by atoms with Gasteiger partial charge < -0.3 is 4.74 Å². The Kier molecular flexibility index (Phi) is 6.08. The third-order valence-electron chi connectivity index (χ3n) is 3.65. The summed E-state index contributed by atoms with van der Waals surface area (Å²) in [6.07, 6.45) is 1.71. The van der Waals surface area contributed by atoms with Gasteiger partial charge in [0.2, 0.25) is 0 Å². The van der Waals surface area contributed by atoms with Crippen LogP contribution in [0.15, 0.2) is 64.1 Å². The van der Waals surface area contributed by atoms with Crippen molar-refractivity contribution in [2.24, 2.45) is 0 Å². The summed E-state index contributed by atoms with van der Waals surface area (Å²) < 4.78 is 35.2. The van der Waals surface area contributed by atoms with Gasteiger partial charge in [-0.15, -0.1) is 0 Å². The van der Waals surface area contributed by atoms with Crippen molar-refractivity contribution in [2.45, 2.75) is 18.4 Å². The van der Waals surface area contributed by atoms with Crippen molar-refractivity contribution >= 4 is 43.4 Å². The Labute approximate surface area is 171 Å². The predicted octanol–water partition coefficient (Wildman–Crippen LogP) is 4.55. The van der Waals surface area contributed by atoms with E-state index in [1.165, 1.54) is 12.1 Å². The molecule has 0 radical (unpaired) electrons. The first-order chi connectivity index (χ1) is 12.9. The Balaban J connectivity index is 1.76. The highest BCUT2D eigenvalue weighted by atomic mass is 79.9. The number of hydrogen-bond donors (Lipinski definition) is 1. The van der Waals surface area contributed by atoms with Gasteiger partial charge in [-0.25, -0.2) is 8.42 Å². The first kappa shape index (κ1) is 19.7. The number of nitrogens with zero attached hydrogens (tertiary/aromatic N) is 2. The van der Waals surface area contributed by atoms with Crippen LogP contribution in [0.3, 0.4) is 0 Å². The molecule has 1 heterocycles. The van der Waals surface area contributed by atoms with Crippen molar-refractivity contribution in [3.63, 3.8) is 0 Å². The van der Waals surface area contributed by atoms with Gasteiger partial charge in [-0.2, -0.15) is 5.10 Å². The molecule has 2 aromatic carbocycles. The van der Waals surface area contributed by atoms with E-state index in [-0.39, 0.29) is 10.7 Å². The van der Waals surface area contributed by atoms with E-state index in [1.807, 2.05) is 19.1 Å². The molecule has 3 rings (SSSR count). The number of sulfonamides is 1. The molecule has 0 saturated heterocycles. The molecule has 0 spiro atoms. The van der Waals surface area contributed by atoms with Crippen LogP contribution in [0.4, 0.5) is 5.82 Å². The maximum atomic E-state index is 12.6. The number of aromatic nitrogens is 2. The molecule has 0 aliphatic rings. The first-order valence-corrected chi connectivity index (χ1v) is 10.8. The Morgan fingerprint density at radius 1 is 1.15 bits per heavy atom. The maximum Gasteiger partial charge on any atom is 0.263 e. The number of nitrogens with one attached hydrogen (secondary N) is 1. The molecule has 142 valence electrons. The Morgan fingerprint density at radius 3 is 2.44 bits per heavy atom. The molecule has 0 fully saturated rings. The van der Waals surface area contributed by atoms with Gasteiger partial charge in [-0.1, -0.05) is 23.7 Å².